The first kappa shape index (κ1) is 26.3. The topological polar surface area (TPSA) is 122 Å². The van der Waals surface area contributed by atoms with E-state index in [4.69, 9.17) is 9.47 Å². The second-order valence-electron chi connectivity index (χ2n) is 7.39. The molecule has 1 aliphatic rings. The fourth-order valence-electron chi connectivity index (χ4n) is 3.39. The number of allylic oxidation sites excluding steroid dienone is 1. The Morgan fingerprint density at radius 2 is 1.83 bits per heavy atom. The lowest BCUT2D eigenvalue weighted by atomic mass is 10.0. The average molecular weight is 563 g/mol. The molecule has 2 unspecified atom stereocenters. The highest BCUT2D eigenvalue weighted by Gasteiger charge is 2.52. The van der Waals surface area contributed by atoms with Crippen molar-refractivity contribution in [3.8, 4) is 5.75 Å². The molecule has 0 spiro atoms. The largest absolute Gasteiger partial charge is 0.509 e. The Hall–Kier alpha value is -3.31. The van der Waals surface area contributed by atoms with Gasteiger partial charge >= 0.3 is 5.97 Å². The second-order valence-corrected chi connectivity index (χ2v) is 8.90. The highest BCUT2D eigenvalue weighted by Crippen LogP contribution is 2.34. The van der Waals surface area contributed by atoms with Gasteiger partial charge in [0.05, 0.1) is 18.9 Å². The number of aliphatic hydroxyl groups is 1. The number of rotatable bonds is 11. The van der Waals surface area contributed by atoms with Crippen LogP contribution in [0.25, 0.3) is 0 Å². The normalized spacial score (nSPS) is 17.7. The van der Waals surface area contributed by atoms with E-state index < -0.39 is 40.7 Å². The molecule has 0 radical (unpaired) electrons. The molecular formula is C24H23BrN2O7S. The molecule has 0 aliphatic carbocycles. The Kier molecular flexibility index (Phi) is 9.32. The molecule has 2 N–H and O–H groups in total. The minimum Gasteiger partial charge on any atom is -0.509 e. The lowest BCUT2D eigenvalue weighted by molar-refractivity contribution is -0.153. The number of benzene rings is 2. The molecule has 1 heterocycles. The summed E-state index contributed by atoms with van der Waals surface area (Å²) in [5.74, 6) is -1.81. The van der Waals surface area contributed by atoms with Crippen LogP contribution in [0.3, 0.4) is 0 Å². The number of thioether (sulfide) groups is 1. The van der Waals surface area contributed by atoms with Gasteiger partial charge in [0.2, 0.25) is 5.91 Å². The molecule has 35 heavy (non-hydrogen) atoms. The fourth-order valence-corrected chi connectivity index (χ4v) is 4.45. The molecule has 0 bridgehead atoms. The van der Waals surface area contributed by atoms with Gasteiger partial charge in [0.25, 0.3) is 5.91 Å². The van der Waals surface area contributed by atoms with Crippen LogP contribution in [0.1, 0.15) is 11.1 Å². The van der Waals surface area contributed by atoms with Gasteiger partial charge in [0.1, 0.15) is 29.5 Å². The molecule has 2 aromatic rings. The molecule has 2 amide bonds. The number of β-lactam (4-membered cyclic amide) rings is 1. The number of halogens is 1. The van der Waals surface area contributed by atoms with Crippen molar-refractivity contribution in [1.82, 2.24) is 10.2 Å². The summed E-state index contributed by atoms with van der Waals surface area (Å²) in [4.78, 5) is 50.5. The summed E-state index contributed by atoms with van der Waals surface area (Å²) in [6, 6.07) is 14.7. The zero-order chi connectivity index (χ0) is 25.4. The molecular weight excluding hydrogens is 540 g/mol. The minimum absolute atomic E-state index is 0.0440. The van der Waals surface area contributed by atoms with Gasteiger partial charge in [0, 0.05) is 0 Å². The van der Waals surface area contributed by atoms with E-state index in [2.05, 4.69) is 21.2 Å². The van der Waals surface area contributed by atoms with Crippen molar-refractivity contribution in [2.75, 3.05) is 12.4 Å². The van der Waals surface area contributed by atoms with Crippen LogP contribution in [0.2, 0.25) is 0 Å². The van der Waals surface area contributed by atoms with Crippen molar-refractivity contribution in [3.05, 3.63) is 77.2 Å². The first-order chi connectivity index (χ1) is 16.9. The zero-order valence-electron chi connectivity index (χ0n) is 18.7. The van der Waals surface area contributed by atoms with E-state index in [-0.39, 0.29) is 18.4 Å². The summed E-state index contributed by atoms with van der Waals surface area (Å²) >= 11 is 3.78. The van der Waals surface area contributed by atoms with Crippen molar-refractivity contribution < 1.29 is 33.8 Å². The molecule has 0 saturated carbocycles. The molecule has 184 valence electrons. The number of nitrogens with one attached hydrogen (secondary N) is 1. The molecule has 11 heteroatoms. The molecule has 1 aliphatic heterocycles. The summed E-state index contributed by atoms with van der Waals surface area (Å²) in [6.45, 7) is -0.118. The van der Waals surface area contributed by atoms with E-state index in [9.17, 15) is 24.3 Å². The molecule has 0 aromatic heterocycles. The van der Waals surface area contributed by atoms with Crippen LogP contribution in [0.5, 0.6) is 5.75 Å². The summed E-state index contributed by atoms with van der Waals surface area (Å²) in [6.07, 6.45) is 0.0440. The van der Waals surface area contributed by atoms with Crippen LogP contribution < -0.4 is 10.1 Å². The number of esters is 1. The number of nitrogens with zero attached hydrogens (tertiary/aromatic N) is 1. The maximum atomic E-state index is 12.9. The Labute approximate surface area is 214 Å². The Morgan fingerprint density at radius 1 is 1.14 bits per heavy atom. The van der Waals surface area contributed by atoms with Crippen molar-refractivity contribution in [2.24, 2.45) is 0 Å². The number of hydrogen-bond donors (Lipinski definition) is 2. The minimum atomic E-state index is -1.05. The molecule has 3 rings (SSSR count). The SMILES string of the molecule is COc1ccc(COC(=O)/C(=C(\O)CBr)N2C(=O)C(NC(=O)Cc3ccccc3)C2SC=O)cc1. The van der Waals surface area contributed by atoms with E-state index in [1.54, 1.807) is 48.5 Å². The zero-order valence-corrected chi connectivity index (χ0v) is 21.1. The van der Waals surface area contributed by atoms with E-state index in [0.29, 0.717) is 28.7 Å². The molecule has 9 nitrogen and oxygen atoms in total. The molecule has 2 aromatic carbocycles. The molecule has 1 fully saturated rings. The number of methoxy groups -OCH3 is 1. The van der Waals surface area contributed by atoms with Gasteiger partial charge in [0.15, 0.2) is 11.3 Å². The van der Waals surface area contributed by atoms with Gasteiger partial charge in [-0.15, -0.1) is 0 Å². The van der Waals surface area contributed by atoms with Gasteiger partial charge in [-0.2, -0.15) is 0 Å². The number of ether oxygens (including phenoxy) is 2. The quantitative estimate of drug-likeness (QED) is 0.107. The number of alkyl halides is 1. The number of hydrogen-bond acceptors (Lipinski definition) is 8. The molecule has 2 atom stereocenters. The van der Waals surface area contributed by atoms with Gasteiger partial charge in [-0.25, -0.2) is 4.79 Å². The van der Waals surface area contributed by atoms with Crippen molar-refractivity contribution >= 4 is 51.1 Å². The van der Waals surface area contributed by atoms with E-state index in [0.717, 1.165) is 10.5 Å². The summed E-state index contributed by atoms with van der Waals surface area (Å²) in [5.41, 5.74) is 1.53. The first-order valence-electron chi connectivity index (χ1n) is 10.4. The van der Waals surface area contributed by atoms with Crippen LogP contribution in [-0.4, -0.2) is 57.3 Å². The molecule has 1 saturated heterocycles. The Balaban J connectivity index is 1.72. The predicted molar refractivity (Wildman–Crippen MR) is 133 cm³/mol. The van der Waals surface area contributed by atoms with Crippen molar-refractivity contribution in [1.29, 1.82) is 0 Å². The van der Waals surface area contributed by atoms with Crippen LogP contribution in [0.15, 0.2) is 66.1 Å². The second kappa shape index (κ2) is 12.4. The standard InChI is InChI=1S/C24H23BrN2O7S/c1-33-17-9-7-16(8-10-17)13-34-24(32)21(18(29)12-25)27-22(31)20(23(27)35-14-28)26-19(30)11-15-5-3-2-4-6-15/h2-10,14,20,23,29H,11-13H2,1H3,(H,26,30)/b21-18+. The van der Waals surface area contributed by atoms with Crippen molar-refractivity contribution in [3.63, 3.8) is 0 Å². The summed E-state index contributed by atoms with van der Waals surface area (Å²) in [7, 11) is 1.53. The first-order valence-corrected chi connectivity index (χ1v) is 12.5. The number of likely N-dealkylation sites (tertiary alicyclic amines) is 1. The number of carbonyl (C=O) groups excluding carboxylic acids is 4. The monoisotopic (exact) mass is 562 g/mol. The van der Waals surface area contributed by atoms with Gasteiger partial charge < -0.3 is 19.9 Å². The maximum absolute atomic E-state index is 12.9. The van der Waals surface area contributed by atoms with E-state index in [1.807, 2.05) is 6.07 Å². The Bertz CT molecular complexity index is 1110. The highest BCUT2D eigenvalue weighted by molar-refractivity contribution is 9.09. The van der Waals surface area contributed by atoms with Crippen LogP contribution in [-0.2, 0) is 36.9 Å². The lowest BCUT2D eigenvalue weighted by Crippen LogP contribution is -2.69. The number of aliphatic hydroxyl groups excluding tert-OH is 1. The summed E-state index contributed by atoms with van der Waals surface area (Å²) in [5, 5.41) is 11.9. The van der Waals surface area contributed by atoms with Crippen LogP contribution in [0.4, 0.5) is 0 Å². The fraction of sp³-hybridized carbons (Fsp3) is 0.250. The third-order valence-electron chi connectivity index (χ3n) is 5.13. The van der Waals surface area contributed by atoms with Gasteiger partial charge in [-0.05, 0) is 23.3 Å². The number of carbonyl (C=O) groups is 4. The van der Waals surface area contributed by atoms with Crippen molar-refractivity contribution in [2.45, 2.75) is 24.4 Å². The summed E-state index contributed by atoms with van der Waals surface area (Å²) < 4.78 is 10.4. The smallest absolute Gasteiger partial charge is 0.358 e. The highest BCUT2D eigenvalue weighted by atomic mass is 79.9. The average Bonchev–Trinajstić information content (AvgIpc) is 2.88. The van der Waals surface area contributed by atoms with Crippen LogP contribution in [0, 0.1) is 0 Å². The van der Waals surface area contributed by atoms with E-state index >= 15 is 0 Å². The van der Waals surface area contributed by atoms with E-state index in [1.165, 1.54) is 7.11 Å². The predicted octanol–water partition coefficient (Wildman–Crippen LogP) is 2.72. The van der Waals surface area contributed by atoms with Crippen LogP contribution >= 0.6 is 27.7 Å². The Morgan fingerprint density at radius 3 is 2.43 bits per heavy atom. The van der Waals surface area contributed by atoms with Gasteiger partial charge in [-0.1, -0.05) is 70.2 Å². The number of amides is 2. The third kappa shape index (κ3) is 6.43. The lowest BCUT2D eigenvalue weighted by Gasteiger charge is -2.45. The maximum Gasteiger partial charge on any atom is 0.358 e. The van der Waals surface area contributed by atoms with Gasteiger partial charge in [-0.3, -0.25) is 19.3 Å². The third-order valence-corrected chi connectivity index (χ3v) is 6.53.